The number of hydrogen-bond acceptors (Lipinski definition) is 3. The molecule has 0 aromatic carbocycles. The largest absolute Gasteiger partial charge is 0.330 e. The van der Waals surface area contributed by atoms with Gasteiger partial charge in [-0.25, -0.2) is 0 Å². The van der Waals surface area contributed by atoms with Gasteiger partial charge in [-0.15, -0.1) is 11.3 Å². The van der Waals surface area contributed by atoms with Gasteiger partial charge in [-0.3, -0.25) is 0 Å². The number of rotatable bonds is 5. The van der Waals surface area contributed by atoms with E-state index in [4.69, 9.17) is 5.73 Å². The van der Waals surface area contributed by atoms with E-state index >= 15 is 0 Å². The van der Waals surface area contributed by atoms with Crippen molar-refractivity contribution in [1.29, 1.82) is 0 Å². The summed E-state index contributed by atoms with van der Waals surface area (Å²) >= 11 is 5.36. The van der Waals surface area contributed by atoms with E-state index in [0.29, 0.717) is 0 Å². The van der Waals surface area contributed by atoms with Gasteiger partial charge in [-0.2, -0.15) is 0 Å². The molecule has 0 saturated heterocycles. The summed E-state index contributed by atoms with van der Waals surface area (Å²) < 4.78 is 1.23. The molecule has 90 valence electrons. The van der Waals surface area contributed by atoms with Gasteiger partial charge in [0.05, 0.1) is 0 Å². The lowest BCUT2D eigenvalue weighted by atomic mass is 9.96. The van der Waals surface area contributed by atoms with Crippen molar-refractivity contribution in [2.24, 2.45) is 17.6 Å². The van der Waals surface area contributed by atoms with E-state index in [2.05, 4.69) is 32.7 Å². The second kappa shape index (κ2) is 6.15. The van der Waals surface area contributed by atoms with Crippen molar-refractivity contribution in [1.82, 2.24) is 5.32 Å². The molecule has 1 fully saturated rings. The molecule has 0 amide bonds. The Balaban J connectivity index is 1.74. The second-order valence-electron chi connectivity index (χ2n) is 4.51. The van der Waals surface area contributed by atoms with Crippen LogP contribution in [0.2, 0.25) is 0 Å². The highest BCUT2D eigenvalue weighted by Crippen LogP contribution is 2.30. The Bertz CT molecular complexity index is 327. The standard InChI is InChI=1S/C12H19BrN2S/c13-11-4-5-16-12(11)8-15-7-10-3-1-2-9(10)6-14/h4-5,9-10,15H,1-3,6-8,14H2. The average molecular weight is 303 g/mol. The summed E-state index contributed by atoms with van der Waals surface area (Å²) in [6.07, 6.45) is 4.03. The fourth-order valence-corrected chi connectivity index (χ4v) is 3.98. The van der Waals surface area contributed by atoms with E-state index in [1.54, 1.807) is 11.3 Å². The number of nitrogens with one attached hydrogen (secondary N) is 1. The van der Waals surface area contributed by atoms with Crippen LogP contribution in [0.15, 0.2) is 15.9 Å². The van der Waals surface area contributed by atoms with Gasteiger partial charge in [0.15, 0.2) is 0 Å². The molecule has 1 saturated carbocycles. The van der Waals surface area contributed by atoms with Crippen molar-refractivity contribution >= 4 is 27.3 Å². The molecule has 2 rings (SSSR count). The molecule has 2 nitrogen and oxygen atoms in total. The molecule has 1 aromatic rings. The molecular formula is C12H19BrN2S. The quantitative estimate of drug-likeness (QED) is 0.877. The summed E-state index contributed by atoms with van der Waals surface area (Å²) in [4.78, 5) is 1.39. The first-order chi connectivity index (χ1) is 7.81. The van der Waals surface area contributed by atoms with Crippen molar-refractivity contribution in [3.05, 3.63) is 20.8 Å². The number of nitrogens with two attached hydrogens (primary N) is 1. The van der Waals surface area contributed by atoms with E-state index < -0.39 is 0 Å². The molecule has 1 aliphatic carbocycles. The predicted molar refractivity (Wildman–Crippen MR) is 73.6 cm³/mol. The molecule has 1 aliphatic rings. The third-order valence-electron chi connectivity index (χ3n) is 3.50. The van der Waals surface area contributed by atoms with Crippen LogP contribution < -0.4 is 11.1 Å². The fraction of sp³-hybridized carbons (Fsp3) is 0.667. The zero-order valence-electron chi connectivity index (χ0n) is 9.42. The maximum atomic E-state index is 5.78. The van der Waals surface area contributed by atoms with E-state index in [1.165, 1.54) is 28.6 Å². The first-order valence-electron chi connectivity index (χ1n) is 5.94. The highest BCUT2D eigenvalue weighted by molar-refractivity contribution is 9.10. The molecule has 16 heavy (non-hydrogen) atoms. The van der Waals surface area contributed by atoms with E-state index in [9.17, 15) is 0 Å². The second-order valence-corrected chi connectivity index (χ2v) is 6.36. The molecule has 3 N–H and O–H groups in total. The van der Waals surface area contributed by atoms with Crippen molar-refractivity contribution < 1.29 is 0 Å². The van der Waals surface area contributed by atoms with Crippen LogP contribution in [0.5, 0.6) is 0 Å². The Kier molecular flexibility index (Phi) is 4.82. The minimum atomic E-state index is 0.749. The summed E-state index contributed by atoms with van der Waals surface area (Å²) in [5, 5.41) is 5.68. The summed E-state index contributed by atoms with van der Waals surface area (Å²) in [6, 6.07) is 2.11. The lowest BCUT2D eigenvalue weighted by molar-refractivity contribution is 0.374. The minimum absolute atomic E-state index is 0.749. The summed E-state index contributed by atoms with van der Waals surface area (Å²) in [6.45, 7) is 2.95. The van der Waals surface area contributed by atoms with Crippen molar-refractivity contribution in [3.8, 4) is 0 Å². The molecular weight excluding hydrogens is 284 g/mol. The molecule has 1 heterocycles. The molecule has 2 unspecified atom stereocenters. The van der Waals surface area contributed by atoms with E-state index in [-0.39, 0.29) is 0 Å². The Morgan fingerprint density at radius 3 is 2.94 bits per heavy atom. The minimum Gasteiger partial charge on any atom is -0.330 e. The molecule has 1 aromatic heterocycles. The Labute approximate surface area is 110 Å². The Hall–Kier alpha value is 0.100. The van der Waals surface area contributed by atoms with E-state index in [0.717, 1.165) is 31.5 Å². The average Bonchev–Trinajstić information content (AvgIpc) is 2.88. The van der Waals surface area contributed by atoms with Crippen molar-refractivity contribution in [2.45, 2.75) is 25.8 Å². The zero-order valence-corrected chi connectivity index (χ0v) is 11.8. The lowest BCUT2D eigenvalue weighted by Crippen LogP contribution is -2.28. The Morgan fingerprint density at radius 1 is 1.44 bits per heavy atom. The molecule has 0 radical (unpaired) electrons. The van der Waals surface area contributed by atoms with Gasteiger partial charge < -0.3 is 11.1 Å². The van der Waals surface area contributed by atoms with Crippen LogP contribution in [-0.2, 0) is 6.54 Å². The monoisotopic (exact) mass is 302 g/mol. The normalized spacial score (nSPS) is 25.1. The maximum absolute atomic E-state index is 5.78. The third kappa shape index (κ3) is 3.06. The number of thiophene rings is 1. The number of hydrogen-bond donors (Lipinski definition) is 2. The van der Waals surface area contributed by atoms with Crippen LogP contribution in [0.1, 0.15) is 24.1 Å². The fourth-order valence-electron chi connectivity index (χ4n) is 2.51. The number of halogens is 1. The summed E-state index contributed by atoms with van der Waals surface area (Å²) in [5.41, 5.74) is 5.78. The molecule has 0 aliphatic heterocycles. The first kappa shape index (κ1) is 12.6. The highest BCUT2D eigenvalue weighted by atomic mass is 79.9. The summed E-state index contributed by atoms with van der Waals surface area (Å²) in [7, 11) is 0. The van der Waals surface area contributed by atoms with Gasteiger partial charge in [0.1, 0.15) is 0 Å². The smallest absolute Gasteiger partial charge is 0.0327 e. The lowest BCUT2D eigenvalue weighted by Gasteiger charge is -2.18. The summed E-state index contributed by atoms with van der Waals surface area (Å²) in [5.74, 6) is 1.54. The van der Waals surface area contributed by atoms with Gasteiger partial charge in [-0.1, -0.05) is 6.42 Å². The van der Waals surface area contributed by atoms with Crippen LogP contribution >= 0.6 is 27.3 Å². The molecule has 4 heteroatoms. The SMILES string of the molecule is NCC1CCCC1CNCc1sccc1Br. The van der Waals surface area contributed by atoms with Crippen LogP contribution in [0.4, 0.5) is 0 Å². The highest BCUT2D eigenvalue weighted by Gasteiger charge is 2.25. The van der Waals surface area contributed by atoms with Crippen LogP contribution in [-0.4, -0.2) is 13.1 Å². The van der Waals surface area contributed by atoms with Crippen LogP contribution in [0.3, 0.4) is 0 Å². The van der Waals surface area contributed by atoms with Crippen LogP contribution in [0.25, 0.3) is 0 Å². The first-order valence-corrected chi connectivity index (χ1v) is 7.61. The molecule has 2 atom stereocenters. The van der Waals surface area contributed by atoms with Gasteiger partial charge in [0, 0.05) is 15.9 Å². The van der Waals surface area contributed by atoms with Crippen molar-refractivity contribution in [3.63, 3.8) is 0 Å². The zero-order chi connectivity index (χ0) is 11.4. The topological polar surface area (TPSA) is 38.0 Å². The Morgan fingerprint density at radius 2 is 2.25 bits per heavy atom. The van der Waals surface area contributed by atoms with E-state index in [1.807, 2.05) is 0 Å². The molecule has 0 bridgehead atoms. The molecule has 0 spiro atoms. The predicted octanol–water partition coefficient (Wildman–Crippen LogP) is 2.98. The van der Waals surface area contributed by atoms with Crippen molar-refractivity contribution in [2.75, 3.05) is 13.1 Å². The van der Waals surface area contributed by atoms with Gasteiger partial charge in [0.2, 0.25) is 0 Å². The van der Waals surface area contributed by atoms with Gasteiger partial charge >= 0.3 is 0 Å². The maximum Gasteiger partial charge on any atom is 0.0327 e. The van der Waals surface area contributed by atoms with Gasteiger partial charge in [-0.05, 0) is 65.1 Å². The van der Waals surface area contributed by atoms with Crippen LogP contribution in [0, 0.1) is 11.8 Å². The van der Waals surface area contributed by atoms with Gasteiger partial charge in [0.25, 0.3) is 0 Å². The third-order valence-corrected chi connectivity index (χ3v) is 5.43.